The van der Waals surface area contributed by atoms with Crippen LogP contribution in [-0.4, -0.2) is 12.7 Å². The molecule has 1 aromatic carbocycles. The Kier molecular flexibility index (Phi) is 7.37. The highest BCUT2D eigenvalue weighted by Gasteiger charge is 1.96. The largest absolute Gasteiger partial charge is 0.449 e. The van der Waals surface area contributed by atoms with Crippen LogP contribution in [0, 0.1) is 0 Å². The van der Waals surface area contributed by atoms with Crippen molar-refractivity contribution in [1.82, 2.24) is 5.32 Å². The third kappa shape index (κ3) is 6.74. The molecule has 0 atom stereocenters. The first-order valence-corrected chi connectivity index (χ1v) is 6.45. The molecule has 0 fully saturated rings. The Morgan fingerprint density at radius 1 is 1.33 bits per heavy atom. The molecule has 0 radical (unpaired) electrons. The Bertz CT molecular complexity index is 360. The number of allylic oxidation sites excluding steroid dienone is 1. The molecule has 0 saturated carbocycles. The minimum absolute atomic E-state index is 0.376. The van der Waals surface area contributed by atoms with Gasteiger partial charge in [0.25, 0.3) is 0 Å². The molecule has 0 aliphatic carbocycles. The van der Waals surface area contributed by atoms with E-state index in [0.717, 1.165) is 25.7 Å². The zero-order valence-corrected chi connectivity index (χ0v) is 10.9. The minimum Gasteiger partial charge on any atom is -0.449 e. The maximum Gasteiger partial charge on any atom is 0.411 e. The fourth-order valence-electron chi connectivity index (χ4n) is 1.46. The zero-order valence-electron chi connectivity index (χ0n) is 10.9. The van der Waals surface area contributed by atoms with Gasteiger partial charge in [-0.2, -0.15) is 0 Å². The molecule has 1 aromatic rings. The fourth-order valence-corrected chi connectivity index (χ4v) is 1.46. The first kappa shape index (κ1) is 14.3. The van der Waals surface area contributed by atoms with Gasteiger partial charge >= 0.3 is 6.09 Å². The van der Waals surface area contributed by atoms with Crippen molar-refractivity contribution in [1.29, 1.82) is 0 Å². The van der Waals surface area contributed by atoms with Crippen LogP contribution in [0.1, 0.15) is 31.7 Å². The van der Waals surface area contributed by atoms with Crippen molar-refractivity contribution >= 4 is 6.09 Å². The topological polar surface area (TPSA) is 38.3 Å². The second kappa shape index (κ2) is 9.28. The summed E-state index contributed by atoms with van der Waals surface area (Å²) in [5.74, 6) is 0. The van der Waals surface area contributed by atoms with Crippen molar-refractivity contribution in [2.75, 3.05) is 6.61 Å². The van der Waals surface area contributed by atoms with E-state index in [2.05, 4.69) is 24.4 Å². The predicted octanol–water partition coefficient (Wildman–Crippen LogP) is 3.66. The molecule has 1 N–H and O–H groups in total. The number of ether oxygens (including phenoxy) is 1. The highest BCUT2D eigenvalue weighted by molar-refractivity contribution is 5.68. The van der Waals surface area contributed by atoms with E-state index in [-0.39, 0.29) is 6.09 Å². The van der Waals surface area contributed by atoms with Crippen molar-refractivity contribution < 1.29 is 9.53 Å². The SMILES string of the molecule is CCCCOC(=O)N/C=C/CCc1ccccc1. The molecule has 0 bridgehead atoms. The maximum atomic E-state index is 11.2. The van der Waals surface area contributed by atoms with Crippen molar-refractivity contribution in [3.63, 3.8) is 0 Å². The number of hydrogen-bond donors (Lipinski definition) is 1. The van der Waals surface area contributed by atoms with Crippen molar-refractivity contribution in [3.8, 4) is 0 Å². The first-order chi connectivity index (χ1) is 8.83. The lowest BCUT2D eigenvalue weighted by Gasteiger charge is -2.02. The average Bonchev–Trinajstić information content (AvgIpc) is 2.40. The van der Waals surface area contributed by atoms with Gasteiger partial charge in [-0.3, -0.25) is 5.32 Å². The zero-order chi connectivity index (χ0) is 13.1. The molecule has 0 aliphatic heterocycles. The minimum atomic E-state index is -0.376. The van der Waals surface area contributed by atoms with Crippen LogP contribution in [-0.2, 0) is 11.2 Å². The number of amides is 1. The molecule has 18 heavy (non-hydrogen) atoms. The smallest absolute Gasteiger partial charge is 0.411 e. The van der Waals surface area contributed by atoms with E-state index in [1.165, 1.54) is 5.56 Å². The molecule has 0 saturated heterocycles. The summed E-state index contributed by atoms with van der Waals surface area (Å²) in [5.41, 5.74) is 1.30. The standard InChI is InChI=1S/C15H21NO2/c1-2-3-13-18-15(17)16-12-8-7-11-14-9-5-4-6-10-14/h4-6,8-10,12H,2-3,7,11,13H2,1H3,(H,16,17)/b12-8+. The van der Waals surface area contributed by atoms with Gasteiger partial charge in [0.15, 0.2) is 0 Å². The summed E-state index contributed by atoms with van der Waals surface area (Å²) in [6.07, 6.45) is 7.03. The Hall–Kier alpha value is -1.77. The number of rotatable bonds is 7. The normalized spacial score (nSPS) is 10.5. The number of benzene rings is 1. The number of carbonyl (C=O) groups excluding carboxylic acids is 1. The Balaban J connectivity index is 2.08. The fraction of sp³-hybridized carbons (Fsp3) is 0.400. The summed E-state index contributed by atoms with van der Waals surface area (Å²) in [5, 5.41) is 2.59. The second-order valence-corrected chi connectivity index (χ2v) is 4.06. The van der Waals surface area contributed by atoms with E-state index in [0.29, 0.717) is 6.61 Å². The van der Waals surface area contributed by atoms with Gasteiger partial charge in [0.2, 0.25) is 0 Å². The van der Waals surface area contributed by atoms with Crippen LogP contribution in [0.4, 0.5) is 4.79 Å². The number of nitrogens with one attached hydrogen (secondary N) is 1. The molecule has 0 aliphatic rings. The van der Waals surface area contributed by atoms with Crippen LogP contribution in [0.15, 0.2) is 42.6 Å². The van der Waals surface area contributed by atoms with Crippen LogP contribution in [0.3, 0.4) is 0 Å². The molecule has 0 spiro atoms. The summed E-state index contributed by atoms with van der Waals surface area (Å²) in [7, 11) is 0. The highest BCUT2D eigenvalue weighted by atomic mass is 16.5. The average molecular weight is 247 g/mol. The summed E-state index contributed by atoms with van der Waals surface area (Å²) in [4.78, 5) is 11.2. The molecule has 3 nitrogen and oxygen atoms in total. The summed E-state index contributed by atoms with van der Waals surface area (Å²) >= 11 is 0. The van der Waals surface area contributed by atoms with Gasteiger partial charge in [-0.1, -0.05) is 49.8 Å². The molecule has 0 aromatic heterocycles. The van der Waals surface area contributed by atoms with Gasteiger partial charge in [-0.15, -0.1) is 0 Å². The van der Waals surface area contributed by atoms with E-state index in [9.17, 15) is 4.79 Å². The third-order valence-electron chi connectivity index (χ3n) is 2.49. The van der Waals surface area contributed by atoms with Gasteiger partial charge < -0.3 is 4.74 Å². The summed E-state index contributed by atoms with van der Waals surface area (Å²) in [6.45, 7) is 2.55. The lowest BCUT2D eigenvalue weighted by atomic mass is 10.1. The molecule has 1 rings (SSSR count). The van der Waals surface area contributed by atoms with Crippen molar-refractivity contribution in [2.45, 2.75) is 32.6 Å². The second-order valence-electron chi connectivity index (χ2n) is 4.06. The van der Waals surface area contributed by atoms with Crippen LogP contribution in [0.2, 0.25) is 0 Å². The Labute approximate surface area is 109 Å². The Morgan fingerprint density at radius 2 is 2.11 bits per heavy atom. The molecule has 1 amide bonds. The van der Waals surface area contributed by atoms with Gasteiger partial charge in [0.1, 0.15) is 0 Å². The van der Waals surface area contributed by atoms with Gasteiger partial charge in [-0.25, -0.2) is 4.79 Å². The quantitative estimate of drug-likeness (QED) is 0.747. The number of alkyl carbamates (subject to hydrolysis) is 1. The molecular formula is C15H21NO2. The van der Waals surface area contributed by atoms with E-state index in [1.54, 1.807) is 6.20 Å². The number of carbonyl (C=O) groups is 1. The number of unbranched alkanes of at least 4 members (excludes halogenated alkanes) is 1. The molecule has 98 valence electrons. The third-order valence-corrected chi connectivity index (χ3v) is 2.49. The number of aryl methyl sites for hydroxylation is 1. The predicted molar refractivity (Wildman–Crippen MR) is 73.3 cm³/mol. The van der Waals surface area contributed by atoms with Gasteiger partial charge in [-0.05, 0) is 24.8 Å². The van der Waals surface area contributed by atoms with Crippen molar-refractivity contribution in [3.05, 3.63) is 48.2 Å². The van der Waals surface area contributed by atoms with E-state index < -0.39 is 0 Å². The molecular weight excluding hydrogens is 226 g/mol. The van der Waals surface area contributed by atoms with Gasteiger partial charge in [0, 0.05) is 6.20 Å². The monoisotopic (exact) mass is 247 g/mol. The van der Waals surface area contributed by atoms with Crippen LogP contribution < -0.4 is 5.32 Å². The molecule has 0 heterocycles. The molecule has 0 unspecified atom stereocenters. The van der Waals surface area contributed by atoms with E-state index in [1.807, 2.05) is 24.3 Å². The van der Waals surface area contributed by atoms with E-state index in [4.69, 9.17) is 4.74 Å². The maximum absolute atomic E-state index is 11.2. The van der Waals surface area contributed by atoms with Crippen LogP contribution in [0.25, 0.3) is 0 Å². The molecule has 3 heteroatoms. The number of hydrogen-bond acceptors (Lipinski definition) is 2. The van der Waals surface area contributed by atoms with Crippen molar-refractivity contribution in [2.24, 2.45) is 0 Å². The lowest BCUT2D eigenvalue weighted by molar-refractivity contribution is 0.148. The van der Waals surface area contributed by atoms with Gasteiger partial charge in [0.05, 0.1) is 6.61 Å². The summed E-state index contributed by atoms with van der Waals surface area (Å²) < 4.78 is 4.95. The highest BCUT2D eigenvalue weighted by Crippen LogP contribution is 2.02. The first-order valence-electron chi connectivity index (χ1n) is 6.45. The lowest BCUT2D eigenvalue weighted by Crippen LogP contribution is -2.18. The van der Waals surface area contributed by atoms with Crippen LogP contribution >= 0.6 is 0 Å². The Morgan fingerprint density at radius 3 is 2.83 bits per heavy atom. The van der Waals surface area contributed by atoms with Crippen LogP contribution in [0.5, 0.6) is 0 Å². The summed E-state index contributed by atoms with van der Waals surface area (Å²) in [6, 6.07) is 10.3. The van der Waals surface area contributed by atoms with E-state index >= 15 is 0 Å².